The van der Waals surface area contributed by atoms with Gasteiger partial charge in [0.1, 0.15) is 17.2 Å². The molecule has 0 aliphatic rings. The highest BCUT2D eigenvalue weighted by molar-refractivity contribution is 7.11. The Kier molecular flexibility index (Phi) is 3.83. The fraction of sp³-hybridized carbons (Fsp3) is 0.294. The Morgan fingerprint density at radius 2 is 2.00 bits per heavy atom. The molecule has 21 heavy (non-hydrogen) atoms. The molecule has 0 radical (unpaired) electrons. The van der Waals surface area contributed by atoms with E-state index in [-0.39, 0.29) is 11.9 Å². The van der Waals surface area contributed by atoms with E-state index in [1.165, 1.54) is 21.9 Å². The summed E-state index contributed by atoms with van der Waals surface area (Å²) in [5.74, 6) is 0.499. The van der Waals surface area contributed by atoms with E-state index in [0.717, 1.165) is 29.6 Å². The Balaban J connectivity index is 1.90. The first-order valence-corrected chi connectivity index (χ1v) is 7.92. The van der Waals surface area contributed by atoms with Crippen LogP contribution in [-0.4, -0.2) is 0 Å². The highest BCUT2D eigenvalue weighted by Gasteiger charge is 2.18. The molecule has 2 aromatic heterocycles. The van der Waals surface area contributed by atoms with Crippen LogP contribution in [-0.2, 0) is 12.8 Å². The third-order valence-electron chi connectivity index (χ3n) is 3.76. The van der Waals surface area contributed by atoms with Gasteiger partial charge in [-0.2, -0.15) is 0 Å². The molecule has 0 amide bonds. The largest absolute Gasteiger partial charge is 0.459 e. The van der Waals surface area contributed by atoms with Gasteiger partial charge in [0.25, 0.3) is 0 Å². The summed E-state index contributed by atoms with van der Waals surface area (Å²) in [6.45, 7) is 4.08. The monoisotopic (exact) mass is 303 g/mol. The molecule has 0 aliphatic heterocycles. The van der Waals surface area contributed by atoms with Gasteiger partial charge < -0.3 is 10.2 Å². The van der Waals surface area contributed by atoms with Gasteiger partial charge in [-0.05, 0) is 43.7 Å². The van der Waals surface area contributed by atoms with Gasteiger partial charge in [-0.15, -0.1) is 11.3 Å². The minimum absolute atomic E-state index is 0.205. The van der Waals surface area contributed by atoms with Crippen LogP contribution >= 0.6 is 11.3 Å². The molecule has 3 aromatic rings. The zero-order valence-corrected chi connectivity index (χ0v) is 13.0. The standard InChI is InChI=1S/C17H18FNOS/c1-3-12-5-6-13(21-12)9-15(19)17-10(2)14-8-11(18)4-7-16(14)20-17/h4-8,15H,3,9,19H2,1-2H3. The Morgan fingerprint density at radius 1 is 1.24 bits per heavy atom. The van der Waals surface area contributed by atoms with Crippen LogP contribution in [0.1, 0.15) is 34.0 Å². The van der Waals surface area contributed by atoms with Gasteiger partial charge in [-0.3, -0.25) is 0 Å². The zero-order valence-electron chi connectivity index (χ0n) is 12.2. The van der Waals surface area contributed by atoms with Gasteiger partial charge in [-0.1, -0.05) is 6.92 Å². The van der Waals surface area contributed by atoms with E-state index in [1.54, 1.807) is 17.4 Å². The number of benzene rings is 1. The van der Waals surface area contributed by atoms with Crippen molar-refractivity contribution in [1.29, 1.82) is 0 Å². The number of thiophene rings is 1. The first-order chi connectivity index (χ1) is 10.1. The van der Waals surface area contributed by atoms with Gasteiger partial charge in [0.2, 0.25) is 0 Å². The van der Waals surface area contributed by atoms with Crippen molar-refractivity contribution in [3.8, 4) is 0 Å². The Hall–Kier alpha value is -1.65. The first kappa shape index (κ1) is 14.3. The lowest BCUT2D eigenvalue weighted by molar-refractivity contribution is 0.491. The fourth-order valence-electron chi connectivity index (χ4n) is 2.60. The molecular formula is C17H18FNOS. The van der Waals surface area contributed by atoms with Crippen LogP contribution in [0, 0.1) is 12.7 Å². The third kappa shape index (κ3) is 2.74. The van der Waals surface area contributed by atoms with Crippen molar-refractivity contribution in [2.45, 2.75) is 32.7 Å². The van der Waals surface area contributed by atoms with E-state index in [0.29, 0.717) is 5.58 Å². The highest BCUT2D eigenvalue weighted by Crippen LogP contribution is 2.31. The molecule has 2 N–H and O–H groups in total. The van der Waals surface area contributed by atoms with E-state index in [9.17, 15) is 4.39 Å². The van der Waals surface area contributed by atoms with E-state index in [4.69, 9.17) is 10.2 Å². The molecule has 2 nitrogen and oxygen atoms in total. The second-order valence-corrected chi connectivity index (χ2v) is 6.52. The predicted octanol–water partition coefficient (Wildman–Crippen LogP) is 4.75. The second-order valence-electron chi connectivity index (χ2n) is 5.26. The molecule has 4 heteroatoms. The van der Waals surface area contributed by atoms with Gasteiger partial charge >= 0.3 is 0 Å². The second kappa shape index (κ2) is 5.62. The molecule has 3 rings (SSSR count). The normalized spacial score (nSPS) is 13.0. The van der Waals surface area contributed by atoms with Crippen LogP contribution in [0.25, 0.3) is 11.0 Å². The van der Waals surface area contributed by atoms with Crippen molar-refractivity contribution >= 4 is 22.3 Å². The number of furan rings is 1. The summed E-state index contributed by atoms with van der Waals surface area (Å²) in [7, 11) is 0. The van der Waals surface area contributed by atoms with E-state index >= 15 is 0 Å². The molecule has 110 valence electrons. The highest BCUT2D eigenvalue weighted by atomic mass is 32.1. The quantitative estimate of drug-likeness (QED) is 0.755. The number of hydrogen-bond acceptors (Lipinski definition) is 3. The maximum Gasteiger partial charge on any atom is 0.134 e. The maximum absolute atomic E-state index is 13.3. The summed E-state index contributed by atoms with van der Waals surface area (Å²) in [6.07, 6.45) is 1.79. The number of nitrogens with two attached hydrogens (primary N) is 1. The fourth-order valence-corrected chi connectivity index (χ4v) is 3.61. The Labute approximate surface area is 127 Å². The zero-order chi connectivity index (χ0) is 15.0. The predicted molar refractivity (Wildman–Crippen MR) is 85.2 cm³/mol. The van der Waals surface area contributed by atoms with E-state index < -0.39 is 0 Å². The van der Waals surface area contributed by atoms with Crippen LogP contribution in [0.5, 0.6) is 0 Å². The van der Waals surface area contributed by atoms with Crippen molar-refractivity contribution in [2.75, 3.05) is 0 Å². The average molecular weight is 303 g/mol. The van der Waals surface area contributed by atoms with Crippen molar-refractivity contribution in [1.82, 2.24) is 0 Å². The van der Waals surface area contributed by atoms with Crippen molar-refractivity contribution in [3.05, 3.63) is 57.2 Å². The van der Waals surface area contributed by atoms with Gasteiger partial charge in [0, 0.05) is 27.1 Å². The molecule has 1 unspecified atom stereocenters. The van der Waals surface area contributed by atoms with Gasteiger partial charge in [0.05, 0.1) is 6.04 Å². The average Bonchev–Trinajstić information content (AvgIpc) is 3.04. The molecule has 0 bridgehead atoms. The molecule has 0 fully saturated rings. The number of aryl methyl sites for hydroxylation is 2. The minimum atomic E-state index is -0.252. The van der Waals surface area contributed by atoms with Gasteiger partial charge in [-0.25, -0.2) is 4.39 Å². The molecule has 0 saturated heterocycles. The molecular weight excluding hydrogens is 285 g/mol. The molecule has 0 spiro atoms. The SMILES string of the molecule is CCc1ccc(CC(N)c2oc3ccc(F)cc3c2C)s1. The summed E-state index contributed by atoms with van der Waals surface area (Å²) in [4.78, 5) is 2.62. The van der Waals surface area contributed by atoms with E-state index in [1.807, 2.05) is 6.92 Å². The summed E-state index contributed by atoms with van der Waals surface area (Å²) in [5.41, 5.74) is 7.93. The topological polar surface area (TPSA) is 39.2 Å². The number of fused-ring (bicyclic) bond motifs is 1. The summed E-state index contributed by atoms with van der Waals surface area (Å²) < 4.78 is 19.2. The molecule has 1 aromatic carbocycles. The van der Waals surface area contributed by atoms with E-state index in [2.05, 4.69) is 19.1 Å². The molecule has 1 atom stereocenters. The molecule has 0 aliphatic carbocycles. The smallest absolute Gasteiger partial charge is 0.134 e. The van der Waals surface area contributed by atoms with Crippen LogP contribution in [0.2, 0.25) is 0 Å². The lowest BCUT2D eigenvalue weighted by atomic mass is 10.1. The Morgan fingerprint density at radius 3 is 2.71 bits per heavy atom. The van der Waals surface area contributed by atoms with Crippen LogP contribution in [0.3, 0.4) is 0 Å². The van der Waals surface area contributed by atoms with Crippen molar-refractivity contribution < 1.29 is 8.81 Å². The first-order valence-electron chi connectivity index (χ1n) is 7.10. The van der Waals surface area contributed by atoms with Crippen LogP contribution < -0.4 is 5.73 Å². The summed E-state index contributed by atoms with van der Waals surface area (Å²) >= 11 is 1.79. The van der Waals surface area contributed by atoms with Gasteiger partial charge in [0.15, 0.2) is 0 Å². The maximum atomic E-state index is 13.3. The Bertz CT molecular complexity index is 774. The van der Waals surface area contributed by atoms with Crippen molar-refractivity contribution in [2.24, 2.45) is 5.73 Å². The summed E-state index contributed by atoms with van der Waals surface area (Å²) in [5, 5.41) is 0.806. The number of rotatable bonds is 4. The van der Waals surface area contributed by atoms with Crippen LogP contribution in [0.15, 0.2) is 34.7 Å². The lowest BCUT2D eigenvalue weighted by Crippen LogP contribution is -2.12. The van der Waals surface area contributed by atoms with Crippen LogP contribution in [0.4, 0.5) is 4.39 Å². The number of halogens is 1. The lowest BCUT2D eigenvalue weighted by Gasteiger charge is -2.08. The minimum Gasteiger partial charge on any atom is -0.459 e. The molecule has 2 heterocycles. The molecule has 0 saturated carbocycles. The summed E-state index contributed by atoms with van der Waals surface area (Å²) in [6, 6.07) is 8.64. The third-order valence-corrected chi connectivity index (χ3v) is 5.01. The van der Waals surface area contributed by atoms with Crippen molar-refractivity contribution in [3.63, 3.8) is 0 Å². The number of hydrogen-bond donors (Lipinski definition) is 1.